The minimum Gasteiger partial charge on any atom is -0.341 e. The van der Waals surface area contributed by atoms with Gasteiger partial charge in [-0.3, -0.25) is 9.59 Å². The molecule has 2 aromatic carbocycles. The monoisotopic (exact) mass is 402 g/mol. The third-order valence-electron chi connectivity index (χ3n) is 6.85. The van der Waals surface area contributed by atoms with Crippen LogP contribution in [0.5, 0.6) is 0 Å². The highest BCUT2D eigenvalue weighted by atomic mass is 16.2. The average Bonchev–Trinajstić information content (AvgIpc) is 2.76. The molecule has 2 fully saturated rings. The zero-order valence-corrected chi connectivity index (χ0v) is 17.7. The van der Waals surface area contributed by atoms with Gasteiger partial charge < -0.3 is 9.80 Å². The molecule has 0 atom stereocenters. The Labute approximate surface area is 179 Å². The van der Waals surface area contributed by atoms with Crippen molar-refractivity contribution in [1.82, 2.24) is 9.80 Å². The first-order valence-electron chi connectivity index (χ1n) is 10.8. The normalized spacial score (nSPS) is 18.6. The van der Waals surface area contributed by atoms with Gasteiger partial charge in [-0.05, 0) is 54.9 Å². The molecule has 156 valence electrons. The molecule has 4 rings (SSSR count). The second kappa shape index (κ2) is 8.47. The van der Waals surface area contributed by atoms with Crippen LogP contribution in [0.4, 0.5) is 0 Å². The zero-order valence-electron chi connectivity index (χ0n) is 17.7. The smallest absolute Gasteiger partial charge is 0.245 e. The summed E-state index contributed by atoms with van der Waals surface area (Å²) in [6.07, 6.45) is 3.71. The van der Waals surface area contributed by atoms with Crippen molar-refractivity contribution in [2.24, 2.45) is 5.92 Å². The quantitative estimate of drug-likeness (QED) is 0.715. The van der Waals surface area contributed by atoms with E-state index in [1.54, 1.807) is 4.90 Å². The summed E-state index contributed by atoms with van der Waals surface area (Å²) in [5.41, 5.74) is 3.24. The van der Waals surface area contributed by atoms with Gasteiger partial charge in [0, 0.05) is 26.2 Å². The van der Waals surface area contributed by atoms with Gasteiger partial charge >= 0.3 is 0 Å². The second-order valence-electron chi connectivity index (χ2n) is 8.68. The molecule has 0 bridgehead atoms. The number of hydrogen-bond acceptors (Lipinski definition) is 2. The van der Waals surface area contributed by atoms with Crippen molar-refractivity contribution in [3.8, 4) is 0 Å². The van der Waals surface area contributed by atoms with Crippen LogP contribution in [0.3, 0.4) is 0 Å². The first-order chi connectivity index (χ1) is 14.5. The van der Waals surface area contributed by atoms with Gasteiger partial charge in [-0.2, -0.15) is 0 Å². The molecule has 0 radical (unpaired) electrons. The molecule has 0 spiro atoms. The number of rotatable bonds is 5. The molecule has 0 saturated carbocycles. The van der Waals surface area contributed by atoms with E-state index in [1.165, 1.54) is 17.2 Å². The van der Waals surface area contributed by atoms with Gasteiger partial charge in [0.2, 0.25) is 11.8 Å². The number of benzene rings is 2. The Hall–Kier alpha value is -2.88. The van der Waals surface area contributed by atoms with Crippen molar-refractivity contribution >= 4 is 11.8 Å². The first-order valence-corrected chi connectivity index (χ1v) is 10.8. The Kier molecular flexibility index (Phi) is 5.76. The molecular weight excluding hydrogens is 372 g/mol. The highest BCUT2D eigenvalue weighted by Crippen LogP contribution is 2.39. The Balaban J connectivity index is 1.47. The van der Waals surface area contributed by atoms with Crippen LogP contribution in [0.2, 0.25) is 0 Å². The van der Waals surface area contributed by atoms with Crippen molar-refractivity contribution in [3.05, 3.63) is 83.9 Å². The largest absolute Gasteiger partial charge is 0.341 e. The van der Waals surface area contributed by atoms with Crippen molar-refractivity contribution in [3.63, 3.8) is 0 Å². The van der Waals surface area contributed by atoms with Crippen LogP contribution >= 0.6 is 0 Å². The maximum atomic E-state index is 13.7. The Morgan fingerprint density at radius 3 is 2.27 bits per heavy atom. The highest BCUT2D eigenvalue weighted by Gasteiger charge is 2.47. The standard InChI is InChI=1S/C26H30N2O2/c1-3-24(29)27-15-13-26(14-16-27,23-11-5-4-6-12-23)25(30)28-18-21(19-28)17-22-10-8-7-9-20(22)2/h3-12,21H,1,13-19H2,2H3. The summed E-state index contributed by atoms with van der Waals surface area (Å²) in [6.45, 7) is 8.56. The molecule has 30 heavy (non-hydrogen) atoms. The van der Waals surface area contributed by atoms with E-state index in [0.717, 1.165) is 25.1 Å². The molecule has 2 amide bonds. The summed E-state index contributed by atoms with van der Waals surface area (Å²) in [5.74, 6) is 0.692. The van der Waals surface area contributed by atoms with Crippen molar-refractivity contribution in [2.45, 2.75) is 31.6 Å². The predicted octanol–water partition coefficient (Wildman–Crippen LogP) is 3.74. The number of aryl methyl sites for hydroxylation is 1. The second-order valence-corrected chi connectivity index (χ2v) is 8.68. The molecule has 2 heterocycles. The van der Waals surface area contributed by atoms with Crippen molar-refractivity contribution in [2.75, 3.05) is 26.2 Å². The average molecular weight is 403 g/mol. The number of likely N-dealkylation sites (tertiary alicyclic amines) is 2. The summed E-state index contributed by atoms with van der Waals surface area (Å²) >= 11 is 0. The summed E-state index contributed by atoms with van der Waals surface area (Å²) in [7, 11) is 0. The topological polar surface area (TPSA) is 40.6 Å². The van der Waals surface area contributed by atoms with E-state index in [-0.39, 0.29) is 11.8 Å². The summed E-state index contributed by atoms with van der Waals surface area (Å²) in [5, 5.41) is 0. The van der Waals surface area contributed by atoms with E-state index in [9.17, 15) is 9.59 Å². The molecule has 0 aliphatic carbocycles. The zero-order chi connectivity index (χ0) is 21.1. The summed E-state index contributed by atoms with van der Waals surface area (Å²) in [6, 6.07) is 18.6. The molecule has 4 heteroatoms. The summed E-state index contributed by atoms with van der Waals surface area (Å²) in [4.78, 5) is 29.6. The first kappa shape index (κ1) is 20.4. The molecular formula is C26H30N2O2. The summed E-state index contributed by atoms with van der Waals surface area (Å²) < 4.78 is 0. The van der Waals surface area contributed by atoms with E-state index in [2.05, 4.69) is 49.9 Å². The van der Waals surface area contributed by atoms with Crippen LogP contribution < -0.4 is 0 Å². The van der Waals surface area contributed by atoms with Crippen LogP contribution in [0.25, 0.3) is 0 Å². The molecule has 2 aliphatic rings. The maximum absolute atomic E-state index is 13.7. The van der Waals surface area contributed by atoms with E-state index in [1.807, 2.05) is 23.1 Å². The van der Waals surface area contributed by atoms with Gasteiger partial charge in [-0.15, -0.1) is 0 Å². The lowest BCUT2D eigenvalue weighted by molar-refractivity contribution is -0.147. The molecule has 0 unspecified atom stereocenters. The minimum atomic E-state index is -0.535. The lowest BCUT2D eigenvalue weighted by Gasteiger charge is -2.48. The fourth-order valence-electron chi connectivity index (χ4n) is 4.94. The van der Waals surface area contributed by atoms with Crippen LogP contribution in [-0.4, -0.2) is 47.8 Å². The number of carbonyl (C=O) groups is 2. The third kappa shape index (κ3) is 3.79. The van der Waals surface area contributed by atoms with E-state index >= 15 is 0 Å². The lowest BCUT2D eigenvalue weighted by atomic mass is 9.70. The molecule has 2 aliphatic heterocycles. The van der Waals surface area contributed by atoms with Crippen LogP contribution in [-0.2, 0) is 21.4 Å². The number of piperidine rings is 1. The number of amides is 2. The number of carbonyl (C=O) groups excluding carboxylic acids is 2. The molecule has 0 N–H and O–H groups in total. The SMILES string of the molecule is C=CC(=O)N1CCC(C(=O)N2CC(Cc3ccccc3C)C2)(c2ccccc2)CC1. The van der Waals surface area contributed by atoms with Gasteiger partial charge in [-0.1, -0.05) is 61.2 Å². The van der Waals surface area contributed by atoms with E-state index < -0.39 is 5.41 Å². The van der Waals surface area contributed by atoms with E-state index in [4.69, 9.17) is 0 Å². The van der Waals surface area contributed by atoms with Gasteiger partial charge in [0.25, 0.3) is 0 Å². The molecule has 0 aromatic heterocycles. The van der Waals surface area contributed by atoms with Crippen LogP contribution in [0.15, 0.2) is 67.3 Å². The number of hydrogen-bond donors (Lipinski definition) is 0. The van der Waals surface area contributed by atoms with Crippen LogP contribution in [0.1, 0.15) is 29.5 Å². The van der Waals surface area contributed by atoms with Crippen molar-refractivity contribution in [1.29, 1.82) is 0 Å². The fourth-order valence-corrected chi connectivity index (χ4v) is 4.94. The van der Waals surface area contributed by atoms with Gasteiger partial charge in [0.15, 0.2) is 0 Å². The highest BCUT2D eigenvalue weighted by molar-refractivity contribution is 5.90. The molecule has 2 saturated heterocycles. The van der Waals surface area contributed by atoms with E-state index in [0.29, 0.717) is 31.8 Å². The van der Waals surface area contributed by atoms with Gasteiger partial charge in [0.1, 0.15) is 0 Å². The minimum absolute atomic E-state index is 0.0497. The van der Waals surface area contributed by atoms with Gasteiger partial charge in [-0.25, -0.2) is 0 Å². The third-order valence-corrected chi connectivity index (χ3v) is 6.85. The number of nitrogens with zero attached hydrogens (tertiary/aromatic N) is 2. The van der Waals surface area contributed by atoms with Crippen LogP contribution in [0, 0.1) is 12.8 Å². The van der Waals surface area contributed by atoms with Gasteiger partial charge in [0.05, 0.1) is 5.41 Å². The Morgan fingerprint density at radius 1 is 1.00 bits per heavy atom. The Bertz CT molecular complexity index is 923. The lowest BCUT2D eigenvalue weighted by Crippen LogP contribution is -2.60. The predicted molar refractivity (Wildman–Crippen MR) is 119 cm³/mol. The molecule has 2 aromatic rings. The fraction of sp³-hybridized carbons (Fsp3) is 0.385. The molecule has 4 nitrogen and oxygen atoms in total. The Morgan fingerprint density at radius 2 is 1.63 bits per heavy atom. The maximum Gasteiger partial charge on any atom is 0.245 e. The van der Waals surface area contributed by atoms with Crippen molar-refractivity contribution < 1.29 is 9.59 Å².